The van der Waals surface area contributed by atoms with Gasteiger partial charge in [0.05, 0.1) is 12.2 Å². The highest BCUT2D eigenvalue weighted by molar-refractivity contribution is 5.88. The van der Waals surface area contributed by atoms with Gasteiger partial charge in [-0.3, -0.25) is 0 Å². The Bertz CT molecular complexity index is 514. The number of nitrogens with one attached hydrogen (secondary N) is 1. The number of alkyl halides is 3. The second kappa shape index (κ2) is 6.30. The Balaban J connectivity index is 2.13. The van der Waals surface area contributed by atoms with Crippen LogP contribution in [0.4, 0.5) is 13.2 Å². The molecule has 1 fully saturated rings. The van der Waals surface area contributed by atoms with Gasteiger partial charge in [0, 0.05) is 18.5 Å². The molecule has 8 heteroatoms. The van der Waals surface area contributed by atoms with Gasteiger partial charge in [0.25, 0.3) is 0 Å². The number of hydrogen-bond acceptors (Lipinski definition) is 4. The van der Waals surface area contributed by atoms with Crippen LogP contribution in [0.25, 0.3) is 0 Å². The van der Waals surface area contributed by atoms with E-state index >= 15 is 0 Å². The van der Waals surface area contributed by atoms with E-state index in [0.717, 1.165) is 32.0 Å². The molecular weight excluding hydrogens is 289 g/mol. The zero-order valence-electron chi connectivity index (χ0n) is 11.1. The fourth-order valence-corrected chi connectivity index (χ4v) is 2.12. The summed E-state index contributed by atoms with van der Waals surface area (Å²) in [5.41, 5.74) is -1.76. The number of nitrogens with zero attached hydrogens (tertiary/aromatic N) is 1. The van der Waals surface area contributed by atoms with Crippen LogP contribution in [-0.4, -0.2) is 35.8 Å². The maximum absolute atomic E-state index is 12.7. The highest BCUT2D eigenvalue weighted by Gasteiger charge is 2.34. The molecule has 21 heavy (non-hydrogen) atoms. The van der Waals surface area contributed by atoms with Gasteiger partial charge in [-0.2, -0.15) is 13.2 Å². The van der Waals surface area contributed by atoms with E-state index in [2.05, 4.69) is 10.3 Å². The van der Waals surface area contributed by atoms with E-state index < -0.39 is 23.4 Å². The van der Waals surface area contributed by atoms with Gasteiger partial charge >= 0.3 is 12.1 Å². The quantitative estimate of drug-likeness (QED) is 0.892. The van der Waals surface area contributed by atoms with E-state index in [0.29, 0.717) is 6.07 Å². The minimum absolute atomic E-state index is 0.184. The smallest absolute Gasteiger partial charge is 0.433 e. The minimum Gasteiger partial charge on any atom is -0.478 e. The first-order chi connectivity index (χ1) is 9.86. The van der Waals surface area contributed by atoms with Crippen molar-refractivity contribution in [1.82, 2.24) is 10.3 Å². The summed E-state index contributed by atoms with van der Waals surface area (Å²) in [6.07, 6.45) is -2.82. The Kier molecular flexibility index (Phi) is 4.66. The summed E-state index contributed by atoms with van der Waals surface area (Å²) in [5.74, 6) is -1.58. The van der Waals surface area contributed by atoms with Crippen molar-refractivity contribution in [2.24, 2.45) is 5.92 Å². The molecule has 1 aliphatic heterocycles. The van der Waals surface area contributed by atoms with Crippen molar-refractivity contribution in [3.63, 3.8) is 0 Å². The second-order valence-corrected chi connectivity index (χ2v) is 4.91. The van der Waals surface area contributed by atoms with Crippen LogP contribution in [0.15, 0.2) is 12.1 Å². The van der Waals surface area contributed by atoms with E-state index in [-0.39, 0.29) is 18.4 Å². The Morgan fingerprint density at radius 3 is 2.81 bits per heavy atom. The number of pyridine rings is 1. The van der Waals surface area contributed by atoms with E-state index in [1.807, 2.05) is 0 Å². The number of aromatic nitrogens is 1. The van der Waals surface area contributed by atoms with Crippen LogP contribution in [0.2, 0.25) is 0 Å². The number of piperidine rings is 1. The largest absolute Gasteiger partial charge is 0.478 e. The average Bonchev–Trinajstić information content (AvgIpc) is 2.45. The topological polar surface area (TPSA) is 71.5 Å². The predicted octanol–water partition coefficient (Wildman–Crippen LogP) is 2.18. The lowest BCUT2D eigenvalue weighted by molar-refractivity contribution is -0.141. The molecule has 1 atom stereocenters. The third-order valence-electron chi connectivity index (χ3n) is 3.21. The molecule has 0 bridgehead atoms. The minimum atomic E-state index is -4.71. The standard InChI is InChI=1S/C13H15F3N2O3/c14-13(15,16)10-4-9(12(19)20)5-11(18-10)21-7-8-2-1-3-17-6-8/h4-5,8,17H,1-3,6-7H2,(H,19,20)/t8-/m0/s1. The highest BCUT2D eigenvalue weighted by atomic mass is 19.4. The lowest BCUT2D eigenvalue weighted by Gasteiger charge is -2.22. The van der Waals surface area contributed by atoms with Crippen molar-refractivity contribution in [2.45, 2.75) is 19.0 Å². The molecule has 2 rings (SSSR count). The van der Waals surface area contributed by atoms with E-state index in [1.54, 1.807) is 0 Å². The van der Waals surface area contributed by atoms with Crippen molar-refractivity contribution in [3.05, 3.63) is 23.4 Å². The maximum atomic E-state index is 12.7. The first kappa shape index (κ1) is 15.6. The Morgan fingerprint density at radius 1 is 1.48 bits per heavy atom. The molecule has 1 aromatic rings. The molecule has 1 aliphatic rings. The summed E-state index contributed by atoms with van der Waals surface area (Å²) in [6, 6.07) is 1.51. The third kappa shape index (κ3) is 4.32. The van der Waals surface area contributed by atoms with Crippen molar-refractivity contribution >= 4 is 5.97 Å². The lowest BCUT2D eigenvalue weighted by Crippen LogP contribution is -2.33. The number of carboxylic acid groups (broad SMARTS) is 1. The predicted molar refractivity (Wildman–Crippen MR) is 67.3 cm³/mol. The van der Waals surface area contributed by atoms with Crippen LogP contribution in [0.1, 0.15) is 28.9 Å². The molecule has 1 saturated heterocycles. The molecule has 0 aromatic carbocycles. The summed E-state index contributed by atoms with van der Waals surface area (Å²) in [4.78, 5) is 14.2. The van der Waals surface area contributed by atoms with Gasteiger partial charge in [0.1, 0.15) is 5.69 Å². The summed E-state index contributed by atoms with van der Waals surface area (Å²) in [6.45, 7) is 1.85. The van der Waals surface area contributed by atoms with Gasteiger partial charge in [-0.1, -0.05) is 0 Å². The van der Waals surface area contributed by atoms with Crippen LogP contribution in [0.5, 0.6) is 5.88 Å². The number of aromatic carboxylic acids is 1. The van der Waals surface area contributed by atoms with Crippen LogP contribution < -0.4 is 10.1 Å². The molecule has 2 heterocycles. The molecule has 0 radical (unpaired) electrons. The molecular formula is C13H15F3N2O3. The SMILES string of the molecule is O=C(O)c1cc(OC[C@H]2CCCNC2)nc(C(F)(F)F)c1. The van der Waals surface area contributed by atoms with Crippen molar-refractivity contribution in [2.75, 3.05) is 19.7 Å². The third-order valence-corrected chi connectivity index (χ3v) is 3.21. The zero-order valence-corrected chi connectivity index (χ0v) is 11.1. The van der Waals surface area contributed by atoms with Gasteiger partial charge in [0.2, 0.25) is 5.88 Å². The Morgan fingerprint density at radius 2 is 2.24 bits per heavy atom. The second-order valence-electron chi connectivity index (χ2n) is 4.91. The van der Waals surface area contributed by atoms with Crippen molar-refractivity contribution in [1.29, 1.82) is 0 Å². The van der Waals surface area contributed by atoms with Crippen LogP contribution in [-0.2, 0) is 6.18 Å². The number of rotatable bonds is 4. The summed E-state index contributed by atoms with van der Waals surface area (Å²) >= 11 is 0. The molecule has 5 nitrogen and oxygen atoms in total. The van der Waals surface area contributed by atoms with Crippen molar-refractivity contribution < 1.29 is 27.8 Å². The van der Waals surface area contributed by atoms with E-state index in [1.165, 1.54) is 0 Å². The number of carboxylic acids is 1. The average molecular weight is 304 g/mol. The van der Waals surface area contributed by atoms with Gasteiger partial charge in [0.15, 0.2) is 0 Å². The fraction of sp³-hybridized carbons (Fsp3) is 0.538. The first-order valence-electron chi connectivity index (χ1n) is 6.52. The van der Waals surface area contributed by atoms with Gasteiger partial charge < -0.3 is 15.2 Å². The Hall–Kier alpha value is -1.83. The number of carbonyl (C=O) groups is 1. The molecule has 0 unspecified atom stereocenters. The van der Waals surface area contributed by atoms with Gasteiger partial charge in [-0.15, -0.1) is 0 Å². The molecule has 0 amide bonds. The number of ether oxygens (including phenoxy) is 1. The summed E-state index contributed by atoms with van der Waals surface area (Å²) < 4.78 is 43.3. The molecule has 2 N–H and O–H groups in total. The number of hydrogen-bond donors (Lipinski definition) is 2. The van der Waals surface area contributed by atoms with Crippen LogP contribution in [0.3, 0.4) is 0 Å². The molecule has 116 valence electrons. The van der Waals surface area contributed by atoms with Crippen LogP contribution >= 0.6 is 0 Å². The highest BCUT2D eigenvalue weighted by Crippen LogP contribution is 2.30. The van der Waals surface area contributed by atoms with Gasteiger partial charge in [-0.25, -0.2) is 9.78 Å². The maximum Gasteiger partial charge on any atom is 0.433 e. The Labute approximate surface area is 119 Å². The van der Waals surface area contributed by atoms with Gasteiger partial charge in [-0.05, 0) is 25.5 Å². The monoisotopic (exact) mass is 304 g/mol. The fourth-order valence-electron chi connectivity index (χ4n) is 2.12. The molecule has 0 aliphatic carbocycles. The molecule has 0 saturated carbocycles. The summed E-state index contributed by atoms with van der Waals surface area (Å²) in [7, 11) is 0. The van der Waals surface area contributed by atoms with E-state index in [9.17, 15) is 18.0 Å². The van der Waals surface area contributed by atoms with Crippen molar-refractivity contribution in [3.8, 4) is 5.88 Å². The molecule has 0 spiro atoms. The first-order valence-corrected chi connectivity index (χ1v) is 6.52. The lowest BCUT2D eigenvalue weighted by atomic mass is 10.0. The van der Waals surface area contributed by atoms with Crippen LogP contribution in [0, 0.1) is 5.92 Å². The van der Waals surface area contributed by atoms with E-state index in [4.69, 9.17) is 9.84 Å². The zero-order chi connectivity index (χ0) is 15.5. The number of halogens is 3. The molecule has 1 aromatic heterocycles. The summed E-state index contributed by atoms with van der Waals surface area (Å²) in [5, 5.41) is 12.0. The normalized spacial score (nSPS) is 19.3.